The van der Waals surface area contributed by atoms with Gasteiger partial charge >= 0.3 is 6.01 Å². The van der Waals surface area contributed by atoms with Gasteiger partial charge in [-0.15, -0.1) is 5.10 Å². The molecule has 0 saturated carbocycles. The number of sulfonamides is 1. The molecule has 0 unspecified atom stereocenters. The Morgan fingerprint density at radius 2 is 1.70 bits per heavy atom. The highest BCUT2D eigenvalue weighted by Gasteiger charge is 2.28. The highest BCUT2D eigenvalue weighted by molar-refractivity contribution is 7.89. The molecule has 0 spiro atoms. The highest BCUT2D eigenvalue weighted by Crippen LogP contribution is 2.25. The van der Waals surface area contributed by atoms with Crippen molar-refractivity contribution in [2.24, 2.45) is 0 Å². The molecule has 3 aromatic rings. The fraction of sp³-hybridized carbons (Fsp3) is 0.222. The molecule has 0 amide bonds. The molecule has 0 aliphatic heterocycles. The molecule has 0 aliphatic rings. The average molecular weight is 444 g/mol. The van der Waals surface area contributed by atoms with E-state index in [1.165, 1.54) is 35.8 Å². The summed E-state index contributed by atoms with van der Waals surface area (Å²) < 4.78 is 87.5. The summed E-state index contributed by atoms with van der Waals surface area (Å²) >= 11 is 0. The minimum atomic E-state index is -4.55. The van der Waals surface area contributed by atoms with Crippen LogP contribution < -0.4 is 9.46 Å². The summed E-state index contributed by atoms with van der Waals surface area (Å²) in [6.45, 7) is 3.41. The third-order valence-corrected chi connectivity index (χ3v) is 5.65. The van der Waals surface area contributed by atoms with Gasteiger partial charge < -0.3 is 4.74 Å². The Hall–Kier alpha value is -2.99. The van der Waals surface area contributed by atoms with Gasteiger partial charge in [-0.2, -0.15) is 0 Å². The number of aromatic nitrogens is 3. The molecule has 0 fully saturated rings. The summed E-state index contributed by atoms with van der Waals surface area (Å²) in [7, 11) is -4.55. The zero-order chi connectivity index (χ0) is 22.1. The van der Waals surface area contributed by atoms with Gasteiger partial charge in [-0.25, -0.2) is 30.7 Å². The SMILES string of the molecule is CCn1c(Oc2ccc(F)cc2)nnc1[C@@H](C)NS(=O)(=O)c1ccc(F)c(F)c1F. The van der Waals surface area contributed by atoms with E-state index in [1.807, 2.05) is 0 Å². The fourth-order valence-electron chi connectivity index (χ4n) is 2.67. The van der Waals surface area contributed by atoms with Crippen LogP contribution in [0.15, 0.2) is 41.3 Å². The molecule has 1 atom stereocenters. The molecular formula is C18H16F4N4O3S. The van der Waals surface area contributed by atoms with Gasteiger partial charge in [-0.3, -0.25) is 4.57 Å². The Labute approximate surface area is 169 Å². The largest absolute Gasteiger partial charge is 0.424 e. The van der Waals surface area contributed by atoms with E-state index in [0.29, 0.717) is 12.1 Å². The molecule has 3 rings (SSSR count). The van der Waals surface area contributed by atoms with Gasteiger partial charge in [-0.05, 0) is 50.2 Å². The summed E-state index contributed by atoms with van der Waals surface area (Å²) in [4.78, 5) is -1.04. The van der Waals surface area contributed by atoms with Crippen LogP contribution in [0.1, 0.15) is 25.7 Å². The van der Waals surface area contributed by atoms with Gasteiger partial charge in [0.2, 0.25) is 10.0 Å². The zero-order valence-electron chi connectivity index (χ0n) is 15.7. The van der Waals surface area contributed by atoms with E-state index >= 15 is 0 Å². The Balaban J connectivity index is 1.86. The fourth-order valence-corrected chi connectivity index (χ4v) is 3.94. The van der Waals surface area contributed by atoms with E-state index in [0.717, 1.165) is 0 Å². The van der Waals surface area contributed by atoms with E-state index in [1.54, 1.807) is 6.92 Å². The van der Waals surface area contributed by atoms with Crippen molar-refractivity contribution in [3.05, 3.63) is 65.5 Å². The predicted molar refractivity (Wildman–Crippen MR) is 97.2 cm³/mol. The molecule has 160 valence electrons. The third kappa shape index (κ3) is 4.28. The smallest absolute Gasteiger partial charge is 0.322 e. The Morgan fingerprint density at radius 3 is 2.33 bits per heavy atom. The minimum Gasteiger partial charge on any atom is -0.424 e. The van der Waals surface area contributed by atoms with Gasteiger partial charge in [0.1, 0.15) is 16.5 Å². The number of nitrogens with zero attached hydrogens (tertiary/aromatic N) is 3. The minimum absolute atomic E-state index is 0.0177. The number of nitrogens with one attached hydrogen (secondary N) is 1. The Bertz CT molecular complexity index is 1170. The van der Waals surface area contributed by atoms with Crippen LogP contribution in [0.3, 0.4) is 0 Å². The number of halogens is 4. The number of hydrogen-bond donors (Lipinski definition) is 1. The van der Waals surface area contributed by atoms with Crippen LogP contribution in [0.2, 0.25) is 0 Å². The topological polar surface area (TPSA) is 86.1 Å². The lowest BCUT2D eigenvalue weighted by Gasteiger charge is -2.16. The van der Waals surface area contributed by atoms with Crippen molar-refractivity contribution < 1.29 is 30.7 Å². The lowest BCUT2D eigenvalue weighted by Crippen LogP contribution is -2.30. The normalized spacial score (nSPS) is 12.7. The highest BCUT2D eigenvalue weighted by atomic mass is 32.2. The number of benzene rings is 2. The second kappa shape index (κ2) is 8.40. The molecule has 0 bridgehead atoms. The number of ether oxygens (including phenoxy) is 1. The van der Waals surface area contributed by atoms with Gasteiger partial charge in [0.05, 0.1) is 6.04 Å². The van der Waals surface area contributed by atoms with Crippen molar-refractivity contribution in [1.82, 2.24) is 19.5 Å². The van der Waals surface area contributed by atoms with Crippen molar-refractivity contribution >= 4 is 10.0 Å². The van der Waals surface area contributed by atoms with Gasteiger partial charge in [0, 0.05) is 6.54 Å². The van der Waals surface area contributed by atoms with Gasteiger partial charge in [0.15, 0.2) is 23.3 Å². The molecule has 0 saturated heterocycles. The average Bonchev–Trinajstić information content (AvgIpc) is 3.10. The van der Waals surface area contributed by atoms with Crippen LogP contribution in [-0.2, 0) is 16.6 Å². The maximum Gasteiger partial charge on any atom is 0.322 e. The summed E-state index contributed by atoms with van der Waals surface area (Å²) in [6.07, 6.45) is 0. The quantitative estimate of drug-likeness (QED) is 0.444. The van der Waals surface area contributed by atoms with Crippen LogP contribution in [-0.4, -0.2) is 23.2 Å². The Morgan fingerprint density at radius 1 is 1.03 bits per heavy atom. The van der Waals surface area contributed by atoms with E-state index in [4.69, 9.17) is 4.74 Å². The number of rotatable bonds is 7. The second-order valence-electron chi connectivity index (χ2n) is 6.16. The maximum atomic E-state index is 13.9. The van der Waals surface area contributed by atoms with E-state index in [9.17, 15) is 26.0 Å². The first-order valence-corrected chi connectivity index (χ1v) is 10.1. The van der Waals surface area contributed by atoms with Crippen molar-refractivity contribution in [2.75, 3.05) is 0 Å². The molecule has 1 aromatic heterocycles. The summed E-state index contributed by atoms with van der Waals surface area (Å²) in [6, 6.07) is 5.26. The second-order valence-corrected chi connectivity index (χ2v) is 7.84. The van der Waals surface area contributed by atoms with Crippen LogP contribution in [0.5, 0.6) is 11.8 Å². The third-order valence-electron chi connectivity index (χ3n) is 4.09. The first-order valence-electron chi connectivity index (χ1n) is 8.66. The van der Waals surface area contributed by atoms with Crippen molar-refractivity contribution in [1.29, 1.82) is 0 Å². The van der Waals surface area contributed by atoms with Crippen molar-refractivity contribution in [3.8, 4) is 11.8 Å². The van der Waals surface area contributed by atoms with Gasteiger partial charge in [0.25, 0.3) is 0 Å². The predicted octanol–water partition coefficient (Wildman–Crippen LogP) is 3.69. The first-order chi connectivity index (χ1) is 14.1. The van der Waals surface area contributed by atoms with E-state index < -0.39 is 44.2 Å². The molecule has 1 N–H and O–H groups in total. The van der Waals surface area contributed by atoms with Crippen LogP contribution in [0.25, 0.3) is 0 Å². The zero-order valence-corrected chi connectivity index (χ0v) is 16.6. The van der Waals surface area contributed by atoms with Gasteiger partial charge in [-0.1, -0.05) is 5.10 Å². The lowest BCUT2D eigenvalue weighted by molar-refractivity contribution is 0.406. The molecule has 12 heteroatoms. The summed E-state index contributed by atoms with van der Waals surface area (Å²) in [5.41, 5.74) is 0. The molecule has 1 heterocycles. The molecule has 0 aliphatic carbocycles. The molecule has 0 radical (unpaired) electrons. The monoisotopic (exact) mass is 444 g/mol. The van der Waals surface area contributed by atoms with Crippen molar-refractivity contribution in [3.63, 3.8) is 0 Å². The summed E-state index contributed by atoms with van der Waals surface area (Å²) in [5.74, 6) is -5.27. The molecule has 30 heavy (non-hydrogen) atoms. The lowest BCUT2D eigenvalue weighted by atomic mass is 10.3. The van der Waals surface area contributed by atoms with E-state index in [-0.39, 0.29) is 24.1 Å². The van der Waals surface area contributed by atoms with Crippen LogP contribution in [0, 0.1) is 23.3 Å². The van der Waals surface area contributed by atoms with Crippen LogP contribution in [0.4, 0.5) is 17.6 Å². The Kier molecular flexibility index (Phi) is 6.08. The van der Waals surface area contributed by atoms with E-state index in [2.05, 4.69) is 14.9 Å². The number of hydrogen-bond acceptors (Lipinski definition) is 5. The van der Waals surface area contributed by atoms with Crippen LogP contribution >= 0.6 is 0 Å². The molecule has 2 aromatic carbocycles. The summed E-state index contributed by atoms with van der Waals surface area (Å²) in [5, 5.41) is 7.74. The van der Waals surface area contributed by atoms with Crippen molar-refractivity contribution in [2.45, 2.75) is 31.3 Å². The molecule has 7 nitrogen and oxygen atoms in total. The standard InChI is InChI=1S/C18H16F4N4O3S/c1-3-26-17(23-24-18(26)29-12-6-4-11(19)5-7-12)10(2)25-30(27,28)14-9-8-13(20)15(21)16(14)22/h4-10,25H,3H2,1-2H3/t10-/m1/s1. The first kappa shape index (κ1) is 21.7. The molecular weight excluding hydrogens is 428 g/mol. The maximum absolute atomic E-state index is 13.9.